The molecule has 0 saturated carbocycles. The molecule has 1 amide bonds. The van der Waals surface area contributed by atoms with Crippen molar-refractivity contribution in [1.29, 1.82) is 5.26 Å². The minimum atomic E-state index is -0.192. The van der Waals surface area contributed by atoms with E-state index in [1.165, 1.54) is 12.3 Å². The summed E-state index contributed by atoms with van der Waals surface area (Å²) < 4.78 is 0. The number of nitrogens with zero attached hydrogens (tertiary/aromatic N) is 2. The molecule has 1 aliphatic heterocycles. The molecule has 108 valence electrons. The number of carbonyl (C=O) groups excluding carboxylic acids is 1. The van der Waals surface area contributed by atoms with E-state index >= 15 is 0 Å². The molecule has 1 aromatic rings. The van der Waals surface area contributed by atoms with Gasteiger partial charge >= 0.3 is 0 Å². The van der Waals surface area contributed by atoms with Gasteiger partial charge in [-0.2, -0.15) is 5.26 Å². The lowest BCUT2D eigenvalue weighted by Crippen LogP contribution is -2.41. The Labute approximate surface area is 118 Å². The topological polar surface area (TPSA) is 92.1 Å². The number of aromatic nitrogens is 1. The molecule has 2 rings (SSSR count). The van der Waals surface area contributed by atoms with Gasteiger partial charge < -0.3 is 20.3 Å². The number of aliphatic hydroxyl groups is 1. The Morgan fingerprint density at radius 3 is 3.20 bits per heavy atom. The molecule has 1 saturated heterocycles. The van der Waals surface area contributed by atoms with Crippen LogP contribution in [0.1, 0.15) is 28.9 Å². The molecule has 1 fully saturated rings. The molecule has 3 N–H and O–H groups in total. The van der Waals surface area contributed by atoms with Gasteiger partial charge in [0.2, 0.25) is 0 Å². The highest BCUT2D eigenvalue weighted by molar-refractivity contribution is 5.92. The van der Waals surface area contributed by atoms with E-state index < -0.39 is 0 Å². The van der Waals surface area contributed by atoms with Crippen LogP contribution in [0.3, 0.4) is 0 Å². The summed E-state index contributed by atoms with van der Waals surface area (Å²) in [6.07, 6.45) is 3.70. The van der Waals surface area contributed by atoms with Crippen LogP contribution < -0.4 is 5.32 Å². The second kappa shape index (κ2) is 7.08. The number of aromatic amines is 1. The second-order valence-corrected chi connectivity index (χ2v) is 5.16. The van der Waals surface area contributed by atoms with Crippen LogP contribution in [0.4, 0.5) is 0 Å². The lowest BCUT2D eigenvalue weighted by molar-refractivity contribution is 0.0926. The van der Waals surface area contributed by atoms with Crippen molar-refractivity contribution in [1.82, 2.24) is 15.2 Å². The van der Waals surface area contributed by atoms with Gasteiger partial charge in [0.25, 0.3) is 5.91 Å². The summed E-state index contributed by atoms with van der Waals surface area (Å²) in [7, 11) is 0. The third kappa shape index (κ3) is 3.83. The number of H-pyrrole nitrogens is 1. The lowest BCUT2D eigenvalue weighted by Gasteiger charge is -2.31. The average Bonchev–Trinajstić information content (AvgIpc) is 2.96. The van der Waals surface area contributed by atoms with Gasteiger partial charge in [-0.25, -0.2) is 0 Å². The zero-order chi connectivity index (χ0) is 14.4. The van der Waals surface area contributed by atoms with Gasteiger partial charge in [0.15, 0.2) is 0 Å². The molecule has 0 aromatic carbocycles. The van der Waals surface area contributed by atoms with Crippen molar-refractivity contribution in [2.24, 2.45) is 5.92 Å². The monoisotopic (exact) mass is 276 g/mol. The van der Waals surface area contributed by atoms with Crippen LogP contribution in [0.25, 0.3) is 0 Å². The molecular formula is C14H20N4O2. The number of nitrogens with one attached hydrogen (secondary N) is 2. The Balaban J connectivity index is 1.72. The molecule has 0 spiro atoms. The number of hydrogen-bond acceptors (Lipinski definition) is 4. The Bertz CT molecular complexity index is 492. The van der Waals surface area contributed by atoms with E-state index in [1.807, 2.05) is 6.07 Å². The number of amides is 1. The number of nitriles is 1. The maximum atomic E-state index is 11.8. The average molecular weight is 276 g/mol. The normalized spacial score (nSPS) is 19.5. The van der Waals surface area contributed by atoms with E-state index in [-0.39, 0.29) is 12.5 Å². The Kier molecular flexibility index (Phi) is 5.16. The van der Waals surface area contributed by atoms with E-state index in [2.05, 4.69) is 15.2 Å². The first-order valence-electron chi connectivity index (χ1n) is 6.93. The maximum absolute atomic E-state index is 11.8. The van der Waals surface area contributed by atoms with Crippen molar-refractivity contribution in [2.75, 3.05) is 32.8 Å². The Morgan fingerprint density at radius 2 is 2.50 bits per heavy atom. The Hall–Kier alpha value is -1.84. The summed E-state index contributed by atoms with van der Waals surface area (Å²) in [5, 5.41) is 20.7. The molecule has 1 aliphatic rings. The van der Waals surface area contributed by atoms with Gasteiger partial charge in [0.1, 0.15) is 11.8 Å². The predicted octanol–water partition coefficient (Wildman–Crippen LogP) is 0.320. The predicted molar refractivity (Wildman–Crippen MR) is 74.1 cm³/mol. The highest BCUT2D eigenvalue weighted by atomic mass is 16.3. The molecule has 2 heterocycles. The number of likely N-dealkylation sites (tertiary alicyclic amines) is 1. The number of piperidine rings is 1. The molecule has 1 aromatic heterocycles. The fraction of sp³-hybridized carbons (Fsp3) is 0.571. The standard InChI is InChI=1S/C14H20N4O2/c15-7-12-6-13(17-8-12)14(20)16-3-5-18-4-1-2-11(9-18)10-19/h6,8,11,17,19H,1-5,9-10H2,(H,16,20)/t11-/m1/s1. The van der Waals surface area contributed by atoms with Crippen molar-refractivity contribution >= 4 is 5.91 Å². The number of aliphatic hydroxyl groups excluding tert-OH is 1. The highest BCUT2D eigenvalue weighted by Gasteiger charge is 2.18. The molecule has 6 nitrogen and oxygen atoms in total. The highest BCUT2D eigenvalue weighted by Crippen LogP contribution is 2.14. The molecule has 0 radical (unpaired) electrons. The van der Waals surface area contributed by atoms with E-state index in [4.69, 9.17) is 10.4 Å². The lowest BCUT2D eigenvalue weighted by atomic mass is 9.99. The molecule has 20 heavy (non-hydrogen) atoms. The van der Waals surface area contributed by atoms with Crippen LogP contribution in [0.15, 0.2) is 12.3 Å². The van der Waals surface area contributed by atoms with E-state index in [1.54, 1.807) is 0 Å². The first-order chi connectivity index (χ1) is 9.72. The first-order valence-corrected chi connectivity index (χ1v) is 6.93. The van der Waals surface area contributed by atoms with Crippen molar-refractivity contribution in [2.45, 2.75) is 12.8 Å². The van der Waals surface area contributed by atoms with Gasteiger partial charge in [-0.1, -0.05) is 0 Å². The van der Waals surface area contributed by atoms with Crippen molar-refractivity contribution in [3.05, 3.63) is 23.5 Å². The molecule has 0 aliphatic carbocycles. The summed E-state index contributed by atoms with van der Waals surface area (Å²) in [6.45, 7) is 3.51. The van der Waals surface area contributed by atoms with Crippen LogP contribution in [0.2, 0.25) is 0 Å². The molecule has 1 atom stereocenters. The summed E-state index contributed by atoms with van der Waals surface area (Å²) in [5.74, 6) is 0.170. The van der Waals surface area contributed by atoms with Crippen LogP contribution in [0, 0.1) is 17.2 Å². The molecule has 0 unspecified atom stereocenters. The molecule has 0 bridgehead atoms. The van der Waals surface area contributed by atoms with E-state index in [0.29, 0.717) is 23.7 Å². The quantitative estimate of drug-likeness (QED) is 0.722. The van der Waals surface area contributed by atoms with Crippen LogP contribution in [0.5, 0.6) is 0 Å². The molecular weight excluding hydrogens is 256 g/mol. The van der Waals surface area contributed by atoms with E-state index in [9.17, 15) is 4.79 Å². The van der Waals surface area contributed by atoms with Crippen LogP contribution in [-0.2, 0) is 0 Å². The zero-order valence-electron chi connectivity index (χ0n) is 11.4. The number of hydrogen-bond donors (Lipinski definition) is 3. The summed E-state index contributed by atoms with van der Waals surface area (Å²) in [6, 6.07) is 3.52. The number of carbonyl (C=O) groups is 1. The van der Waals surface area contributed by atoms with Gasteiger partial charge in [-0.3, -0.25) is 4.79 Å². The summed E-state index contributed by atoms with van der Waals surface area (Å²) in [5.41, 5.74) is 0.866. The van der Waals surface area contributed by atoms with Crippen molar-refractivity contribution in [3.8, 4) is 6.07 Å². The fourth-order valence-electron chi connectivity index (χ4n) is 2.52. The minimum absolute atomic E-state index is 0.192. The van der Waals surface area contributed by atoms with Crippen LogP contribution >= 0.6 is 0 Å². The fourth-order valence-corrected chi connectivity index (χ4v) is 2.52. The van der Waals surface area contributed by atoms with Gasteiger partial charge in [-0.05, 0) is 31.4 Å². The minimum Gasteiger partial charge on any atom is -0.396 e. The number of rotatable bonds is 5. The van der Waals surface area contributed by atoms with E-state index in [0.717, 1.165) is 32.5 Å². The van der Waals surface area contributed by atoms with Crippen molar-refractivity contribution < 1.29 is 9.90 Å². The van der Waals surface area contributed by atoms with Crippen LogP contribution in [-0.4, -0.2) is 53.7 Å². The third-order valence-electron chi connectivity index (χ3n) is 3.63. The van der Waals surface area contributed by atoms with Gasteiger partial charge in [0, 0.05) is 32.4 Å². The largest absolute Gasteiger partial charge is 0.396 e. The maximum Gasteiger partial charge on any atom is 0.267 e. The van der Waals surface area contributed by atoms with Gasteiger partial charge in [0.05, 0.1) is 5.56 Å². The second-order valence-electron chi connectivity index (χ2n) is 5.16. The zero-order valence-corrected chi connectivity index (χ0v) is 11.4. The summed E-state index contributed by atoms with van der Waals surface area (Å²) in [4.78, 5) is 16.9. The smallest absolute Gasteiger partial charge is 0.267 e. The van der Waals surface area contributed by atoms with Crippen molar-refractivity contribution in [3.63, 3.8) is 0 Å². The van der Waals surface area contributed by atoms with Gasteiger partial charge in [-0.15, -0.1) is 0 Å². The SMILES string of the molecule is N#Cc1c[nH]c(C(=O)NCCN2CCC[C@@H](CO)C2)c1. The third-order valence-corrected chi connectivity index (χ3v) is 3.63. The first kappa shape index (κ1) is 14.6. The summed E-state index contributed by atoms with van der Waals surface area (Å²) >= 11 is 0. The molecule has 6 heteroatoms. The Morgan fingerprint density at radius 1 is 1.65 bits per heavy atom.